The van der Waals surface area contributed by atoms with Crippen LogP contribution in [-0.2, 0) is 10.0 Å². The summed E-state index contributed by atoms with van der Waals surface area (Å²) in [5, 5.41) is 8.99. The van der Waals surface area contributed by atoms with Gasteiger partial charge in [-0.15, -0.1) is 0 Å². The monoisotopic (exact) mass is 345 g/mol. The molecule has 2 N–H and O–H groups in total. The molecule has 9 heteroatoms. The second-order valence-electron chi connectivity index (χ2n) is 4.64. The predicted octanol–water partition coefficient (Wildman–Crippen LogP) is 2.91. The molecule has 0 saturated carbocycles. The van der Waals surface area contributed by atoms with Crippen LogP contribution in [0.2, 0.25) is 0 Å². The van der Waals surface area contributed by atoms with Crippen molar-refractivity contribution in [2.45, 2.75) is 11.8 Å². The van der Waals surface area contributed by atoms with Crippen LogP contribution in [0.3, 0.4) is 0 Å². The van der Waals surface area contributed by atoms with Gasteiger partial charge in [-0.1, -0.05) is 6.07 Å². The summed E-state index contributed by atoms with van der Waals surface area (Å²) in [7, 11) is -4.56. The van der Waals surface area contributed by atoms with Crippen LogP contribution >= 0.6 is 0 Å². The third kappa shape index (κ3) is 3.45. The molecule has 122 valence electrons. The number of carboxylic acid groups (broad SMARTS) is 1. The second-order valence-corrected chi connectivity index (χ2v) is 6.29. The van der Waals surface area contributed by atoms with E-state index < -0.39 is 38.3 Å². The first-order valence-electron chi connectivity index (χ1n) is 6.13. The summed E-state index contributed by atoms with van der Waals surface area (Å²) < 4.78 is 65.6. The quantitative estimate of drug-likeness (QED) is 0.835. The first-order chi connectivity index (χ1) is 10.6. The van der Waals surface area contributed by atoms with E-state index >= 15 is 0 Å². The molecule has 0 aromatic heterocycles. The Labute approximate surface area is 129 Å². The molecule has 0 fully saturated rings. The highest BCUT2D eigenvalue weighted by Crippen LogP contribution is 2.23. The molecule has 0 unspecified atom stereocenters. The first-order valence-corrected chi connectivity index (χ1v) is 7.61. The molecule has 0 aliphatic carbocycles. The van der Waals surface area contributed by atoms with E-state index in [1.54, 1.807) is 0 Å². The number of sulfonamides is 1. The fourth-order valence-corrected chi connectivity index (χ4v) is 2.96. The van der Waals surface area contributed by atoms with Crippen molar-refractivity contribution >= 4 is 21.7 Å². The summed E-state index contributed by atoms with van der Waals surface area (Å²) in [5.74, 6) is -5.80. The first kappa shape index (κ1) is 16.8. The van der Waals surface area contributed by atoms with Crippen LogP contribution in [-0.4, -0.2) is 19.5 Å². The Morgan fingerprint density at radius 1 is 1.04 bits per heavy atom. The largest absolute Gasteiger partial charge is 0.478 e. The van der Waals surface area contributed by atoms with Gasteiger partial charge in [-0.05, 0) is 24.6 Å². The van der Waals surface area contributed by atoms with Crippen LogP contribution in [0.25, 0.3) is 0 Å². The van der Waals surface area contributed by atoms with E-state index in [0.29, 0.717) is 5.56 Å². The number of hydrogen-bond acceptors (Lipinski definition) is 3. The van der Waals surface area contributed by atoms with E-state index in [1.165, 1.54) is 19.1 Å². The summed E-state index contributed by atoms with van der Waals surface area (Å²) >= 11 is 0. The van der Waals surface area contributed by atoms with Gasteiger partial charge in [-0.25, -0.2) is 26.4 Å². The maximum Gasteiger partial charge on any atom is 0.336 e. The molecular weight excluding hydrogens is 335 g/mol. The lowest BCUT2D eigenvalue weighted by Gasteiger charge is -2.11. The van der Waals surface area contributed by atoms with Gasteiger partial charge in [-0.2, -0.15) is 0 Å². The summed E-state index contributed by atoms with van der Waals surface area (Å²) in [5.41, 5.74) is 0.0764. The maximum absolute atomic E-state index is 13.6. The zero-order valence-electron chi connectivity index (χ0n) is 11.6. The molecule has 2 aromatic rings. The Balaban J connectivity index is 2.45. The van der Waals surface area contributed by atoms with Gasteiger partial charge in [0.05, 0.1) is 5.56 Å². The lowest BCUT2D eigenvalue weighted by Crippen LogP contribution is -2.16. The molecule has 5 nitrogen and oxygen atoms in total. The van der Waals surface area contributed by atoms with Gasteiger partial charge in [-0.3, -0.25) is 4.72 Å². The van der Waals surface area contributed by atoms with Crippen molar-refractivity contribution in [3.05, 3.63) is 58.9 Å². The summed E-state index contributed by atoms with van der Waals surface area (Å²) in [6.07, 6.45) is 0. The molecule has 0 spiro atoms. The lowest BCUT2D eigenvalue weighted by molar-refractivity contribution is 0.0696. The Bertz CT molecular complexity index is 897. The van der Waals surface area contributed by atoms with Gasteiger partial charge < -0.3 is 5.11 Å². The van der Waals surface area contributed by atoms with Crippen molar-refractivity contribution in [1.82, 2.24) is 0 Å². The number of aromatic carboxylic acids is 1. The number of nitrogens with one attached hydrogen (secondary N) is 1. The van der Waals surface area contributed by atoms with Crippen molar-refractivity contribution in [3.63, 3.8) is 0 Å². The van der Waals surface area contributed by atoms with Crippen molar-refractivity contribution < 1.29 is 31.5 Å². The van der Waals surface area contributed by atoms with Gasteiger partial charge in [0, 0.05) is 17.8 Å². The topological polar surface area (TPSA) is 83.5 Å². The molecule has 0 amide bonds. The number of hydrogen-bond donors (Lipinski definition) is 2. The minimum Gasteiger partial charge on any atom is -0.478 e. The average Bonchev–Trinajstić information content (AvgIpc) is 2.44. The van der Waals surface area contributed by atoms with Crippen molar-refractivity contribution in [1.29, 1.82) is 0 Å². The van der Waals surface area contributed by atoms with Gasteiger partial charge in [0.2, 0.25) is 0 Å². The van der Waals surface area contributed by atoms with Crippen molar-refractivity contribution in [3.8, 4) is 0 Å². The molecular formula is C14H10F3NO4S. The highest BCUT2D eigenvalue weighted by molar-refractivity contribution is 7.92. The van der Waals surface area contributed by atoms with Gasteiger partial charge in [0.1, 0.15) is 10.7 Å². The Kier molecular flexibility index (Phi) is 4.33. The number of halogens is 3. The van der Waals surface area contributed by atoms with E-state index in [2.05, 4.69) is 0 Å². The van der Waals surface area contributed by atoms with Crippen LogP contribution < -0.4 is 4.72 Å². The number of benzene rings is 2. The number of aryl methyl sites for hydroxylation is 1. The van der Waals surface area contributed by atoms with E-state index in [4.69, 9.17) is 5.11 Å². The van der Waals surface area contributed by atoms with Gasteiger partial charge in [0.15, 0.2) is 11.6 Å². The normalized spacial score (nSPS) is 11.3. The van der Waals surface area contributed by atoms with E-state index in [9.17, 15) is 26.4 Å². The Morgan fingerprint density at radius 2 is 1.65 bits per heavy atom. The molecule has 0 radical (unpaired) electrons. The van der Waals surface area contributed by atoms with Crippen LogP contribution in [0.1, 0.15) is 15.9 Å². The van der Waals surface area contributed by atoms with E-state index in [-0.39, 0.29) is 23.4 Å². The Morgan fingerprint density at radius 3 is 2.26 bits per heavy atom. The molecule has 0 atom stereocenters. The molecule has 0 heterocycles. The number of carboxylic acids is 1. The predicted molar refractivity (Wildman–Crippen MR) is 75.3 cm³/mol. The molecule has 2 rings (SSSR count). The standard InChI is InChI=1S/C14H10F3NO4S/c1-7-2-3-8(4-9(7)14(19)20)18-23(21,22)13-6-11(16)10(15)5-12(13)17/h2-6,18H,1H3,(H,19,20). The van der Waals surface area contributed by atoms with Gasteiger partial charge in [0.25, 0.3) is 10.0 Å². The maximum atomic E-state index is 13.6. The van der Waals surface area contributed by atoms with Crippen LogP contribution in [0.4, 0.5) is 18.9 Å². The lowest BCUT2D eigenvalue weighted by atomic mass is 10.1. The summed E-state index contributed by atoms with van der Waals surface area (Å²) in [6, 6.07) is 3.97. The third-order valence-corrected chi connectivity index (χ3v) is 4.38. The molecule has 23 heavy (non-hydrogen) atoms. The fourth-order valence-electron chi connectivity index (χ4n) is 1.84. The smallest absolute Gasteiger partial charge is 0.336 e. The number of rotatable bonds is 4. The highest BCUT2D eigenvalue weighted by Gasteiger charge is 2.23. The third-order valence-electron chi connectivity index (χ3n) is 2.98. The van der Waals surface area contributed by atoms with E-state index in [1.807, 2.05) is 4.72 Å². The fraction of sp³-hybridized carbons (Fsp3) is 0.0714. The summed E-state index contributed by atoms with van der Waals surface area (Å²) in [6.45, 7) is 1.51. The van der Waals surface area contributed by atoms with Gasteiger partial charge >= 0.3 is 5.97 Å². The minimum atomic E-state index is -4.56. The molecule has 2 aromatic carbocycles. The zero-order valence-corrected chi connectivity index (χ0v) is 12.4. The van der Waals surface area contributed by atoms with Crippen LogP contribution in [0.15, 0.2) is 35.2 Å². The van der Waals surface area contributed by atoms with Crippen molar-refractivity contribution in [2.24, 2.45) is 0 Å². The SMILES string of the molecule is Cc1ccc(NS(=O)(=O)c2cc(F)c(F)cc2F)cc1C(=O)O. The molecule has 0 bridgehead atoms. The zero-order chi connectivity index (χ0) is 17.4. The minimum absolute atomic E-state index is 0.113. The molecule has 0 aliphatic heterocycles. The number of carbonyl (C=O) groups is 1. The van der Waals surface area contributed by atoms with Crippen molar-refractivity contribution in [2.75, 3.05) is 4.72 Å². The second kappa shape index (κ2) is 5.92. The van der Waals surface area contributed by atoms with E-state index in [0.717, 1.165) is 6.07 Å². The molecule has 0 saturated heterocycles. The average molecular weight is 345 g/mol. The highest BCUT2D eigenvalue weighted by atomic mass is 32.2. The summed E-state index contributed by atoms with van der Waals surface area (Å²) in [4.78, 5) is 9.93. The Hall–Kier alpha value is -2.55. The van der Waals surface area contributed by atoms with Crippen LogP contribution in [0.5, 0.6) is 0 Å². The molecule has 0 aliphatic rings. The number of anilines is 1. The van der Waals surface area contributed by atoms with Crippen LogP contribution in [0, 0.1) is 24.4 Å².